The smallest absolute Gasteiger partial charge is 0.164 e. The molecule has 0 amide bonds. The predicted octanol–water partition coefficient (Wildman–Crippen LogP) is 3.77. The van der Waals surface area contributed by atoms with Crippen LogP contribution in [0.4, 0.5) is 0 Å². The summed E-state index contributed by atoms with van der Waals surface area (Å²) in [6.07, 6.45) is 0.363. The molecule has 1 nitrogen and oxygen atoms in total. The molecule has 0 bridgehead atoms. The number of carbonyl (C=O) groups excluding carboxylic acids is 1. The van der Waals surface area contributed by atoms with Crippen molar-refractivity contribution in [1.29, 1.82) is 0 Å². The van der Waals surface area contributed by atoms with Crippen molar-refractivity contribution >= 4 is 29.0 Å². The highest BCUT2D eigenvalue weighted by Crippen LogP contribution is 2.24. The zero-order chi connectivity index (χ0) is 10.7. The Morgan fingerprint density at radius 1 is 1.36 bits per heavy atom. The van der Waals surface area contributed by atoms with Crippen LogP contribution in [-0.2, 0) is 0 Å². The first-order chi connectivity index (χ1) is 6.57. The largest absolute Gasteiger partial charge is 0.294 e. The van der Waals surface area contributed by atoms with Gasteiger partial charge in [0.1, 0.15) is 0 Å². The molecule has 1 aromatic rings. The molecule has 0 aliphatic carbocycles. The molecule has 0 fully saturated rings. The van der Waals surface area contributed by atoms with E-state index in [0.717, 1.165) is 11.1 Å². The Balaban J connectivity index is 3.11. The summed E-state index contributed by atoms with van der Waals surface area (Å²) in [4.78, 5) is 11.6. The van der Waals surface area contributed by atoms with E-state index in [0.29, 0.717) is 22.9 Å². The molecule has 1 aromatic carbocycles. The molecule has 0 spiro atoms. The van der Waals surface area contributed by atoms with Gasteiger partial charge in [-0.3, -0.25) is 4.79 Å². The fourth-order valence-electron chi connectivity index (χ4n) is 1.34. The van der Waals surface area contributed by atoms with E-state index < -0.39 is 0 Å². The molecule has 0 aromatic heterocycles. The molecular weight excluding hydrogens is 219 g/mol. The van der Waals surface area contributed by atoms with Crippen LogP contribution in [0, 0.1) is 13.8 Å². The summed E-state index contributed by atoms with van der Waals surface area (Å²) in [5, 5.41) is 0.672. The summed E-state index contributed by atoms with van der Waals surface area (Å²) in [6.45, 7) is 3.78. The lowest BCUT2D eigenvalue weighted by molar-refractivity contribution is 0.0988. The second-order valence-electron chi connectivity index (χ2n) is 3.23. The monoisotopic (exact) mass is 230 g/mol. The van der Waals surface area contributed by atoms with Crippen LogP contribution in [0.2, 0.25) is 5.02 Å². The van der Waals surface area contributed by atoms with E-state index in [1.807, 2.05) is 26.0 Å². The van der Waals surface area contributed by atoms with Crippen LogP contribution in [-0.4, -0.2) is 11.7 Å². The maximum absolute atomic E-state index is 11.6. The van der Waals surface area contributed by atoms with Gasteiger partial charge < -0.3 is 0 Å². The third-order valence-corrected chi connectivity index (χ3v) is 2.97. The summed E-state index contributed by atoms with van der Waals surface area (Å²) in [5.41, 5.74) is 2.52. The number of benzene rings is 1. The van der Waals surface area contributed by atoms with Crippen molar-refractivity contribution in [3.8, 4) is 0 Å². The molecule has 0 N–H and O–H groups in total. The molecule has 3 heteroatoms. The van der Waals surface area contributed by atoms with Gasteiger partial charge in [0.15, 0.2) is 5.78 Å². The van der Waals surface area contributed by atoms with E-state index in [2.05, 4.69) is 0 Å². The average molecular weight is 231 g/mol. The minimum atomic E-state index is 0.0550. The Kier molecular flexibility index (Phi) is 3.97. The van der Waals surface area contributed by atoms with Crippen LogP contribution in [0.5, 0.6) is 0 Å². The van der Waals surface area contributed by atoms with E-state index in [-0.39, 0.29) is 5.78 Å². The topological polar surface area (TPSA) is 17.1 Å². The van der Waals surface area contributed by atoms with Gasteiger partial charge in [-0.15, -0.1) is 11.6 Å². The van der Waals surface area contributed by atoms with Gasteiger partial charge in [0, 0.05) is 22.9 Å². The molecular formula is C11H12Cl2O. The molecule has 14 heavy (non-hydrogen) atoms. The maximum atomic E-state index is 11.6. The minimum Gasteiger partial charge on any atom is -0.294 e. The first-order valence-corrected chi connectivity index (χ1v) is 5.34. The Morgan fingerprint density at radius 3 is 2.57 bits per heavy atom. The van der Waals surface area contributed by atoms with Crippen molar-refractivity contribution in [2.24, 2.45) is 0 Å². The molecule has 0 aliphatic heterocycles. The number of aryl methyl sites for hydroxylation is 1. The molecule has 0 aliphatic rings. The van der Waals surface area contributed by atoms with Gasteiger partial charge in [-0.1, -0.05) is 23.7 Å². The number of ketones is 1. The van der Waals surface area contributed by atoms with Crippen LogP contribution < -0.4 is 0 Å². The molecule has 0 saturated heterocycles. The average Bonchev–Trinajstić information content (AvgIpc) is 2.15. The summed E-state index contributed by atoms with van der Waals surface area (Å²) in [6, 6.07) is 3.67. The van der Waals surface area contributed by atoms with Crippen LogP contribution in [0.15, 0.2) is 12.1 Å². The minimum absolute atomic E-state index is 0.0550. The zero-order valence-corrected chi connectivity index (χ0v) is 9.74. The van der Waals surface area contributed by atoms with Crippen LogP contribution in [0.3, 0.4) is 0 Å². The quantitative estimate of drug-likeness (QED) is 0.571. The van der Waals surface area contributed by atoms with Crippen LogP contribution in [0.25, 0.3) is 0 Å². The van der Waals surface area contributed by atoms with Crippen molar-refractivity contribution in [3.63, 3.8) is 0 Å². The Bertz CT molecular complexity index is 359. The maximum Gasteiger partial charge on any atom is 0.164 e. The number of hydrogen-bond acceptors (Lipinski definition) is 1. The normalized spacial score (nSPS) is 10.3. The van der Waals surface area contributed by atoms with Crippen molar-refractivity contribution in [2.75, 3.05) is 5.88 Å². The second kappa shape index (κ2) is 4.81. The number of halogens is 2. The third kappa shape index (κ3) is 2.28. The summed E-state index contributed by atoms with van der Waals surface area (Å²) in [7, 11) is 0. The second-order valence-corrected chi connectivity index (χ2v) is 3.99. The summed E-state index contributed by atoms with van der Waals surface area (Å²) in [5.74, 6) is 0.406. The summed E-state index contributed by atoms with van der Waals surface area (Å²) >= 11 is 11.6. The van der Waals surface area contributed by atoms with Crippen molar-refractivity contribution in [1.82, 2.24) is 0 Å². The highest BCUT2D eigenvalue weighted by Gasteiger charge is 2.11. The molecule has 0 heterocycles. The highest BCUT2D eigenvalue weighted by molar-refractivity contribution is 6.32. The van der Waals surface area contributed by atoms with Crippen molar-refractivity contribution in [3.05, 3.63) is 33.8 Å². The van der Waals surface area contributed by atoms with Crippen molar-refractivity contribution in [2.45, 2.75) is 20.3 Å². The Hall–Kier alpha value is -0.530. The number of Topliss-reactive ketones (excluding diaryl/α,β-unsaturated/α-hetero) is 1. The van der Waals surface area contributed by atoms with E-state index in [1.54, 1.807) is 0 Å². The van der Waals surface area contributed by atoms with Gasteiger partial charge >= 0.3 is 0 Å². The fourth-order valence-corrected chi connectivity index (χ4v) is 1.68. The van der Waals surface area contributed by atoms with Gasteiger partial charge in [-0.2, -0.15) is 0 Å². The number of rotatable bonds is 3. The lowest BCUT2D eigenvalue weighted by atomic mass is 10.0. The van der Waals surface area contributed by atoms with E-state index in [1.165, 1.54) is 0 Å². The first kappa shape index (κ1) is 11.5. The first-order valence-electron chi connectivity index (χ1n) is 4.42. The molecule has 76 valence electrons. The van der Waals surface area contributed by atoms with E-state index in [4.69, 9.17) is 23.2 Å². The van der Waals surface area contributed by atoms with Gasteiger partial charge in [-0.05, 0) is 25.0 Å². The molecule has 0 saturated carbocycles. The predicted molar refractivity (Wildman–Crippen MR) is 60.6 cm³/mol. The van der Waals surface area contributed by atoms with Crippen LogP contribution in [0.1, 0.15) is 27.9 Å². The summed E-state index contributed by atoms with van der Waals surface area (Å²) < 4.78 is 0. The zero-order valence-electron chi connectivity index (χ0n) is 8.23. The van der Waals surface area contributed by atoms with Crippen LogP contribution >= 0.6 is 23.2 Å². The Labute approximate surface area is 94.0 Å². The molecule has 0 atom stereocenters. The lowest BCUT2D eigenvalue weighted by Gasteiger charge is -2.07. The SMILES string of the molecule is Cc1ccc(C(=O)CCCl)c(C)c1Cl. The van der Waals surface area contributed by atoms with Gasteiger partial charge in [0.25, 0.3) is 0 Å². The number of alkyl halides is 1. The lowest BCUT2D eigenvalue weighted by Crippen LogP contribution is -2.03. The molecule has 0 unspecified atom stereocenters. The van der Waals surface area contributed by atoms with E-state index >= 15 is 0 Å². The van der Waals surface area contributed by atoms with Gasteiger partial charge in [-0.25, -0.2) is 0 Å². The van der Waals surface area contributed by atoms with Gasteiger partial charge in [0.2, 0.25) is 0 Å². The number of hydrogen-bond donors (Lipinski definition) is 0. The number of carbonyl (C=O) groups is 1. The molecule has 1 rings (SSSR count). The molecule has 0 radical (unpaired) electrons. The standard InChI is InChI=1S/C11H12Cl2O/c1-7-3-4-9(8(2)11(7)13)10(14)5-6-12/h3-4H,5-6H2,1-2H3. The highest BCUT2D eigenvalue weighted by atomic mass is 35.5. The fraction of sp³-hybridized carbons (Fsp3) is 0.364. The van der Waals surface area contributed by atoms with Crippen molar-refractivity contribution < 1.29 is 4.79 Å². The third-order valence-electron chi connectivity index (χ3n) is 2.20. The Morgan fingerprint density at radius 2 is 2.00 bits per heavy atom. The van der Waals surface area contributed by atoms with Gasteiger partial charge in [0.05, 0.1) is 0 Å². The van der Waals surface area contributed by atoms with E-state index in [9.17, 15) is 4.79 Å².